The van der Waals surface area contributed by atoms with Crippen molar-refractivity contribution in [3.8, 4) is 11.5 Å². The minimum atomic E-state index is -0.120. The highest BCUT2D eigenvalue weighted by atomic mass is 79.9. The first-order chi connectivity index (χ1) is 13.0. The summed E-state index contributed by atoms with van der Waals surface area (Å²) in [5.74, 6) is 0.472. The lowest BCUT2D eigenvalue weighted by Gasteiger charge is -2.06. The van der Waals surface area contributed by atoms with Crippen molar-refractivity contribution in [2.45, 2.75) is 11.6 Å². The van der Waals surface area contributed by atoms with Gasteiger partial charge in [0.1, 0.15) is 0 Å². The predicted octanol–water partition coefficient (Wildman–Crippen LogP) is 5.26. The molecule has 0 aliphatic heterocycles. The van der Waals surface area contributed by atoms with Crippen LogP contribution in [0.25, 0.3) is 11.5 Å². The minimum absolute atomic E-state index is 0.120. The number of nitrogens with zero attached hydrogens (tertiary/aromatic N) is 2. The summed E-state index contributed by atoms with van der Waals surface area (Å²) in [5.41, 5.74) is 1.74. The number of amides is 1. The van der Waals surface area contributed by atoms with E-state index in [2.05, 4.69) is 31.4 Å². The summed E-state index contributed by atoms with van der Waals surface area (Å²) in [7, 11) is 0. The van der Waals surface area contributed by atoms with Crippen LogP contribution in [0.1, 0.15) is 5.56 Å². The Balaban J connectivity index is 1.46. The number of benzene rings is 2. The Kier molecular flexibility index (Phi) is 7.18. The molecule has 0 saturated carbocycles. The van der Waals surface area contributed by atoms with Gasteiger partial charge in [0, 0.05) is 21.1 Å². The summed E-state index contributed by atoms with van der Waals surface area (Å²) in [4.78, 5) is 12.0. The lowest BCUT2D eigenvalue weighted by molar-refractivity contribution is -0.118. The summed E-state index contributed by atoms with van der Waals surface area (Å²) < 4.78 is 6.47. The molecule has 0 fully saturated rings. The molecule has 1 heterocycles. The van der Waals surface area contributed by atoms with Gasteiger partial charge < -0.3 is 9.73 Å². The van der Waals surface area contributed by atoms with Gasteiger partial charge in [-0.15, -0.1) is 10.2 Å². The maximum absolute atomic E-state index is 12.0. The zero-order chi connectivity index (χ0) is 19.2. The summed E-state index contributed by atoms with van der Waals surface area (Å²) >= 11 is 16.6. The molecule has 0 radical (unpaired) electrons. The maximum atomic E-state index is 12.0. The van der Waals surface area contributed by atoms with E-state index in [0.717, 1.165) is 15.6 Å². The average molecular weight is 487 g/mol. The lowest BCUT2D eigenvalue weighted by Crippen LogP contribution is -2.27. The molecule has 5 nitrogen and oxygen atoms in total. The molecule has 0 saturated heterocycles. The van der Waals surface area contributed by atoms with E-state index in [9.17, 15) is 4.79 Å². The number of nitrogens with one attached hydrogen (secondary N) is 1. The normalized spacial score (nSPS) is 10.8. The zero-order valence-corrected chi connectivity index (χ0v) is 17.8. The standard InChI is InChI=1S/C18H14BrCl2N3O2S/c19-14-4-2-1-3-13(14)17-23-24-18(26-17)27-10-16(25)22-8-7-11-5-6-12(20)9-15(11)21/h1-6,9H,7-8,10H2,(H,22,25). The van der Waals surface area contributed by atoms with Crippen LogP contribution in [0.4, 0.5) is 0 Å². The van der Waals surface area contributed by atoms with Crippen molar-refractivity contribution >= 4 is 56.8 Å². The molecule has 0 atom stereocenters. The Morgan fingerprint density at radius 3 is 2.78 bits per heavy atom. The Hall–Kier alpha value is -1.54. The highest BCUT2D eigenvalue weighted by Gasteiger charge is 2.13. The molecule has 1 amide bonds. The van der Waals surface area contributed by atoms with Gasteiger partial charge in [-0.25, -0.2) is 0 Å². The number of thioether (sulfide) groups is 1. The van der Waals surface area contributed by atoms with E-state index in [0.29, 0.717) is 34.1 Å². The van der Waals surface area contributed by atoms with Crippen LogP contribution < -0.4 is 5.32 Å². The van der Waals surface area contributed by atoms with Crippen molar-refractivity contribution in [3.63, 3.8) is 0 Å². The van der Waals surface area contributed by atoms with Crippen LogP contribution in [0.15, 0.2) is 56.6 Å². The van der Waals surface area contributed by atoms with Crippen LogP contribution in [0.3, 0.4) is 0 Å². The van der Waals surface area contributed by atoms with Crippen molar-refractivity contribution in [2.75, 3.05) is 12.3 Å². The zero-order valence-electron chi connectivity index (χ0n) is 13.9. The molecular formula is C18H14BrCl2N3O2S. The van der Waals surface area contributed by atoms with E-state index in [1.54, 1.807) is 12.1 Å². The molecule has 0 aliphatic carbocycles. The first kappa shape index (κ1) is 20.2. The molecule has 0 aliphatic rings. The van der Waals surface area contributed by atoms with Gasteiger partial charge in [0.15, 0.2) is 0 Å². The highest BCUT2D eigenvalue weighted by molar-refractivity contribution is 9.10. The molecule has 3 rings (SSSR count). The van der Waals surface area contributed by atoms with E-state index in [1.807, 2.05) is 30.3 Å². The number of carbonyl (C=O) groups excluding carboxylic acids is 1. The SMILES string of the molecule is O=C(CSc1nnc(-c2ccccc2Br)o1)NCCc1ccc(Cl)cc1Cl. The number of halogens is 3. The smallest absolute Gasteiger partial charge is 0.277 e. The van der Waals surface area contributed by atoms with Gasteiger partial charge in [-0.05, 0) is 52.2 Å². The molecule has 1 N–H and O–H groups in total. The Labute approximate surface area is 179 Å². The summed E-state index contributed by atoms with van der Waals surface area (Å²) in [5, 5.41) is 12.4. The molecule has 1 aromatic heterocycles. The van der Waals surface area contributed by atoms with Gasteiger partial charge in [-0.3, -0.25) is 4.79 Å². The van der Waals surface area contributed by atoms with Crippen molar-refractivity contribution < 1.29 is 9.21 Å². The van der Waals surface area contributed by atoms with Gasteiger partial charge in [0.25, 0.3) is 5.22 Å². The highest BCUT2D eigenvalue weighted by Crippen LogP contribution is 2.28. The van der Waals surface area contributed by atoms with Crippen molar-refractivity contribution in [3.05, 3.63) is 62.5 Å². The van der Waals surface area contributed by atoms with Crippen LogP contribution >= 0.6 is 50.9 Å². The second-order valence-corrected chi connectivity index (χ2v) is 8.10. The average Bonchev–Trinajstić information content (AvgIpc) is 3.11. The van der Waals surface area contributed by atoms with Gasteiger partial charge in [0.2, 0.25) is 11.8 Å². The molecule has 140 valence electrons. The van der Waals surface area contributed by atoms with Crippen LogP contribution in [0.2, 0.25) is 10.0 Å². The largest absolute Gasteiger partial charge is 0.411 e. The monoisotopic (exact) mass is 485 g/mol. The molecule has 2 aromatic carbocycles. The van der Waals surface area contributed by atoms with Crippen LogP contribution in [0, 0.1) is 0 Å². The van der Waals surface area contributed by atoms with E-state index in [-0.39, 0.29) is 11.7 Å². The fourth-order valence-corrected chi connectivity index (χ4v) is 3.80. The maximum Gasteiger partial charge on any atom is 0.277 e. The fourth-order valence-electron chi connectivity index (χ4n) is 2.25. The third kappa shape index (κ3) is 5.72. The summed E-state index contributed by atoms with van der Waals surface area (Å²) in [6.07, 6.45) is 0.624. The van der Waals surface area contributed by atoms with Crippen LogP contribution in [0.5, 0.6) is 0 Å². The van der Waals surface area contributed by atoms with Crippen molar-refractivity contribution in [1.82, 2.24) is 15.5 Å². The second kappa shape index (κ2) is 9.59. The fraction of sp³-hybridized carbons (Fsp3) is 0.167. The van der Waals surface area contributed by atoms with Crippen LogP contribution in [-0.2, 0) is 11.2 Å². The van der Waals surface area contributed by atoms with E-state index >= 15 is 0 Å². The lowest BCUT2D eigenvalue weighted by atomic mass is 10.1. The molecule has 0 unspecified atom stereocenters. The summed E-state index contributed by atoms with van der Waals surface area (Å²) in [6.45, 7) is 0.479. The van der Waals surface area contributed by atoms with E-state index in [1.165, 1.54) is 11.8 Å². The minimum Gasteiger partial charge on any atom is -0.411 e. The molecule has 27 heavy (non-hydrogen) atoms. The molecule has 9 heteroatoms. The number of hydrogen-bond acceptors (Lipinski definition) is 5. The van der Waals surface area contributed by atoms with Crippen LogP contribution in [-0.4, -0.2) is 28.4 Å². The topological polar surface area (TPSA) is 68.0 Å². The molecule has 0 bridgehead atoms. The van der Waals surface area contributed by atoms with Crippen molar-refractivity contribution in [2.24, 2.45) is 0 Å². The Bertz CT molecular complexity index is 952. The van der Waals surface area contributed by atoms with Gasteiger partial charge in [-0.2, -0.15) is 0 Å². The third-order valence-electron chi connectivity index (χ3n) is 3.57. The number of aromatic nitrogens is 2. The Morgan fingerprint density at radius 2 is 2.00 bits per heavy atom. The number of hydrogen-bond donors (Lipinski definition) is 1. The first-order valence-electron chi connectivity index (χ1n) is 7.95. The molecular weight excluding hydrogens is 473 g/mol. The second-order valence-electron chi connectivity index (χ2n) is 5.48. The Morgan fingerprint density at radius 1 is 1.19 bits per heavy atom. The predicted molar refractivity (Wildman–Crippen MR) is 111 cm³/mol. The van der Waals surface area contributed by atoms with Gasteiger partial charge in [0.05, 0.1) is 11.3 Å². The first-order valence-corrected chi connectivity index (χ1v) is 10.5. The van der Waals surface area contributed by atoms with E-state index in [4.69, 9.17) is 27.6 Å². The van der Waals surface area contributed by atoms with Gasteiger partial charge in [-0.1, -0.05) is 53.2 Å². The molecule has 3 aromatic rings. The quantitative estimate of drug-likeness (QED) is 0.461. The van der Waals surface area contributed by atoms with Crippen molar-refractivity contribution in [1.29, 1.82) is 0 Å². The summed E-state index contributed by atoms with van der Waals surface area (Å²) in [6, 6.07) is 12.9. The number of carbonyl (C=O) groups is 1. The van der Waals surface area contributed by atoms with E-state index < -0.39 is 0 Å². The van der Waals surface area contributed by atoms with Gasteiger partial charge >= 0.3 is 0 Å². The third-order valence-corrected chi connectivity index (χ3v) is 5.67. The molecule has 0 spiro atoms. The number of rotatable bonds is 7.